The Morgan fingerprint density at radius 3 is 2.94 bits per heavy atom. The predicted molar refractivity (Wildman–Crippen MR) is 76.5 cm³/mol. The summed E-state index contributed by atoms with van der Waals surface area (Å²) in [5.41, 5.74) is 0. The molecule has 1 aromatic rings. The van der Waals surface area contributed by atoms with Gasteiger partial charge in [-0.3, -0.25) is 0 Å². The lowest BCUT2D eigenvalue weighted by Crippen LogP contribution is -2.33. The number of thioether (sulfide) groups is 1. The van der Waals surface area contributed by atoms with Gasteiger partial charge in [-0.2, -0.15) is 0 Å². The molecular weight excluding hydrogens is 245 g/mol. The van der Waals surface area contributed by atoms with Gasteiger partial charge in [0.2, 0.25) is 0 Å². The molecule has 0 amide bonds. The van der Waals surface area contributed by atoms with Crippen LogP contribution in [0.15, 0.2) is 29.2 Å². The van der Waals surface area contributed by atoms with Crippen LogP contribution in [0.2, 0.25) is 0 Å². The molecule has 0 heterocycles. The van der Waals surface area contributed by atoms with Crippen molar-refractivity contribution in [2.45, 2.75) is 49.3 Å². The maximum Gasteiger partial charge on any atom is 0.124 e. The lowest BCUT2D eigenvalue weighted by Gasteiger charge is -2.21. The summed E-state index contributed by atoms with van der Waals surface area (Å²) in [7, 11) is 0. The smallest absolute Gasteiger partial charge is 0.124 e. The number of halogens is 1. The van der Waals surface area contributed by atoms with E-state index < -0.39 is 0 Å². The third kappa shape index (κ3) is 3.48. The molecule has 18 heavy (non-hydrogen) atoms. The number of hydrogen-bond acceptors (Lipinski definition) is 2. The molecule has 0 aliphatic heterocycles. The van der Waals surface area contributed by atoms with Crippen LogP contribution in [0.25, 0.3) is 0 Å². The zero-order chi connectivity index (χ0) is 13.0. The molecule has 0 spiro atoms. The molecule has 1 N–H and O–H groups in total. The Hall–Kier alpha value is -0.540. The van der Waals surface area contributed by atoms with Crippen LogP contribution in [0.5, 0.6) is 0 Å². The highest BCUT2D eigenvalue weighted by Gasteiger charge is 2.32. The van der Waals surface area contributed by atoms with Crippen LogP contribution >= 0.6 is 11.8 Å². The molecule has 3 atom stereocenters. The lowest BCUT2D eigenvalue weighted by molar-refractivity contribution is 0.432. The first-order chi connectivity index (χ1) is 8.70. The Morgan fingerprint density at radius 1 is 1.39 bits per heavy atom. The van der Waals surface area contributed by atoms with Crippen molar-refractivity contribution >= 4 is 11.8 Å². The van der Waals surface area contributed by atoms with Gasteiger partial charge in [-0.05, 0) is 49.9 Å². The van der Waals surface area contributed by atoms with Crippen molar-refractivity contribution in [1.82, 2.24) is 5.32 Å². The third-order valence-electron chi connectivity index (χ3n) is 3.72. The fraction of sp³-hybridized carbons (Fsp3) is 0.600. The van der Waals surface area contributed by atoms with Crippen LogP contribution in [0.4, 0.5) is 4.39 Å². The number of rotatable bonds is 5. The molecular formula is C15H22FNS. The largest absolute Gasteiger partial charge is 0.314 e. The molecule has 1 saturated carbocycles. The first-order valence-corrected chi connectivity index (χ1v) is 7.74. The van der Waals surface area contributed by atoms with Gasteiger partial charge in [0.1, 0.15) is 5.82 Å². The van der Waals surface area contributed by atoms with E-state index >= 15 is 0 Å². The van der Waals surface area contributed by atoms with Gasteiger partial charge in [0, 0.05) is 16.2 Å². The molecule has 1 aromatic carbocycles. The fourth-order valence-corrected chi connectivity index (χ4v) is 3.97. The van der Waals surface area contributed by atoms with E-state index in [9.17, 15) is 4.39 Å². The quantitative estimate of drug-likeness (QED) is 0.862. The molecule has 3 heteroatoms. The average molecular weight is 267 g/mol. The minimum absolute atomic E-state index is 0.133. The van der Waals surface area contributed by atoms with Gasteiger partial charge in [0.05, 0.1) is 0 Å². The van der Waals surface area contributed by atoms with E-state index in [4.69, 9.17) is 0 Å². The van der Waals surface area contributed by atoms with Crippen LogP contribution < -0.4 is 5.32 Å². The second-order valence-electron chi connectivity index (χ2n) is 5.11. The summed E-state index contributed by atoms with van der Waals surface area (Å²) in [6, 6.07) is 7.59. The van der Waals surface area contributed by atoms with E-state index in [0.29, 0.717) is 17.2 Å². The average Bonchev–Trinajstić information content (AvgIpc) is 2.69. The van der Waals surface area contributed by atoms with Crippen LogP contribution in [-0.4, -0.2) is 17.8 Å². The molecule has 100 valence electrons. The molecule has 1 fully saturated rings. The molecule has 1 nitrogen and oxygen atoms in total. The van der Waals surface area contributed by atoms with Crippen molar-refractivity contribution in [1.29, 1.82) is 0 Å². The summed E-state index contributed by atoms with van der Waals surface area (Å²) in [4.78, 5) is 1.06. The van der Waals surface area contributed by atoms with Crippen molar-refractivity contribution in [2.75, 3.05) is 6.54 Å². The first-order valence-electron chi connectivity index (χ1n) is 6.86. The molecule has 3 unspecified atom stereocenters. The van der Waals surface area contributed by atoms with Gasteiger partial charge >= 0.3 is 0 Å². The minimum atomic E-state index is -0.133. The minimum Gasteiger partial charge on any atom is -0.314 e. The van der Waals surface area contributed by atoms with Crippen molar-refractivity contribution in [2.24, 2.45) is 5.92 Å². The van der Waals surface area contributed by atoms with E-state index in [0.717, 1.165) is 11.4 Å². The maximum absolute atomic E-state index is 13.2. The van der Waals surface area contributed by atoms with Crippen LogP contribution in [0, 0.1) is 11.7 Å². The fourth-order valence-electron chi connectivity index (χ4n) is 2.63. The SMILES string of the molecule is CCCNC1CCC(Sc2cccc(F)c2)C1C. The van der Waals surface area contributed by atoms with E-state index in [1.807, 2.05) is 17.8 Å². The Balaban J connectivity index is 1.91. The summed E-state index contributed by atoms with van der Waals surface area (Å²) in [5, 5.41) is 4.23. The molecule has 0 bridgehead atoms. The second-order valence-corrected chi connectivity index (χ2v) is 6.42. The number of hydrogen-bond donors (Lipinski definition) is 1. The summed E-state index contributed by atoms with van der Waals surface area (Å²) >= 11 is 1.83. The molecule has 2 rings (SSSR count). The zero-order valence-corrected chi connectivity index (χ0v) is 12.0. The van der Waals surface area contributed by atoms with Crippen molar-refractivity contribution < 1.29 is 4.39 Å². The summed E-state index contributed by atoms with van der Waals surface area (Å²) in [6.07, 6.45) is 3.66. The topological polar surface area (TPSA) is 12.0 Å². The normalized spacial score (nSPS) is 27.6. The van der Waals surface area contributed by atoms with Crippen LogP contribution in [-0.2, 0) is 0 Å². The first kappa shape index (κ1) is 13.9. The van der Waals surface area contributed by atoms with Crippen molar-refractivity contribution in [3.05, 3.63) is 30.1 Å². The zero-order valence-electron chi connectivity index (χ0n) is 11.2. The maximum atomic E-state index is 13.2. The highest BCUT2D eigenvalue weighted by atomic mass is 32.2. The lowest BCUT2D eigenvalue weighted by atomic mass is 10.1. The van der Waals surface area contributed by atoms with Gasteiger partial charge in [-0.25, -0.2) is 4.39 Å². The molecule has 0 aromatic heterocycles. The molecule has 0 saturated heterocycles. The van der Waals surface area contributed by atoms with E-state index in [-0.39, 0.29) is 5.82 Å². The van der Waals surface area contributed by atoms with Gasteiger partial charge in [0.15, 0.2) is 0 Å². The monoisotopic (exact) mass is 267 g/mol. The Labute approximate surface area is 114 Å². The number of nitrogens with one attached hydrogen (secondary N) is 1. The highest BCUT2D eigenvalue weighted by molar-refractivity contribution is 8.00. The third-order valence-corrected chi connectivity index (χ3v) is 5.22. The van der Waals surface area contributed by atoms with Crippen molar-refractivity contribution in [3.8, 4) is 0 Å². The van der Waals surface area contributed by atoms with E-state index in [1.165, 1.54) is 25.3 Å². The highest BCUT2D eigenvalue weighted by Crippen LogP contribution is 2.39. The summed E-state index contributed by atoms with van der Waals surface area (Å²) in [6.45, 7) is 5.62. The number of benzene rings is 1. The van der Waals surface area contributed by atoms with Gasteiger partial charge in [0.25, 0.3) is 0 Å². The standard InChI is InChI=1S/C15H22FNS/c1-3-9-17-14-7-8-15(11(14)2)18-13-6-4-5-12(16)10-13/h4-6,10-11,14-15,17H,3,7-9H2,1-2H3. The second kappa shape index (κ2) is 6.58. The van der Waals surface area contributed by atoms with Crippen molar-refractivity contribution in [3.63, 3.8) is 0 Å². The Bertz CT molecular complexity index is 383. The molecule has 1 aliphatic rings. The van der Waals surface area contributed by atoms with Gasteiger partial charge in [-0.15, -0.1) is 11.8 Å². The van der Waals surface area contributed by atoms with E-state index in [1.54, 1.807) is 12.1 Å². The Kier molecular flexibility index (Phi) is 5.07. The molecule has 1 aliphatic carbocycles. The Morgan fingerprint density at radius 2 is 2.22 bits per heavy atom. The summed E-state index contributed by atoms with van der Waals surface area (Å²) in [5.74, 6) is 0.524. The van der Waals surface area contributed by atoms with Crippen LogP contribution in [0.1, 0.15) is 33.1 Å². The van der Waals surface area contributed by atoms with Crippen LogP contribution in [0.3, 0.4) is 0 Å². The summed E-state index contributed by atoms with van der Waals surface area (Å²) < 4.78 is 13.2. The van der Waals surface area contributed by atoms with E-state index in [2.05, 4.69) is 19.2 Å². The van der Waals surface area contributed by atoms with Gasteiger partial charge in [-0.1, -0.05) is 19.9 Å². The molecule has 0 radical (unpaired) electrons. The van der Waals surface area contributed by atoms with Gasteiger partial charge < -0.3 is 5.32 Å². The predicted octanol–water partition coefficient (Wildman–Crippen LogP) is 4.08.